The SMILES string of the molecule is COc1cccc(SCC(=O)NNC(=O)c2cccc(Cl)c2)c1. The number of halogens is 1. The van der Waals surface area contributed by atoms with Crippen molar-refractivity contribution in [2.24, 2.45) is 0 Å². The molecule has 2 N–H and O–H groups in total. The van der Waals surface area contributed by atoms with Crippen molar-refractivity contribution in [1.82, 2.24) is 10.9 Å². The molecule has 0 aliphatic heterocycles. The van der Waals surface area contributed by atoms with Gasteiger partial charge in [0.2, 0.25) is 5.91 Å². The van der Waals surface area contributed by atoms with E-state index >= 15 is 0 Å². The maximum atomic E-state index is 11.9. The van der Waals surface area contributed by atoms with Gasteiger partial charge < -0.3 is 4.74 Å². The summed E-state index contributed by atoms with van der Waals surface area (Å²) in [4.78, 5) is 24.5. The Kier molecular flexibility index (Phi) is 6.31. The Labute approximate surface area is 143 Å². The van der Waals surface area contributed by atoms with Gasteiger partial charge in [-0.1, -0.05) is 23.7 Å². The van der Waals surface area contributed by atoms with E-state index in [0.29, 0.717) is 10.6 Å². The zero-order valence-corrected chi connectivity index (χ0v) is 13.9. The molecule has 0 spiro atoms. The molecule has 0 saturated heterocycles. The first-order valence-corrected chi connectivity index (χ1v) is 8.06. The normalized spacial score (nSPS) is 10.0. The Hall–Kier alpha value is -2.18. The Bertz CT molecular complexity index is 709. The molecule has 0 saturated carbocycles. The molecule has 0 aromatic heterocycles. The van der Waals surface area contributed by atoms with Crippen molar-refractivity contribution in [2.75, 3.05) is 12.9 Å². The molecular weight excluding hydrogens is 336 g/mol. The second kappa shape index (κ2) is 8.45. The number of rotatable bonds is 5. The van der Waals surface area contributed by atoms with Gasteiger partial charge in [-0.15, -0.1) is 11.8 Å². The van der Waals surface area contributed by atoms with Gasteiger partial charge in [0, 0.05) is 15.5 Å². The number of carbonyl (C=O) groups excluding carboxylic acids is 2. The van der Waals surface area contributed by atoms with Crippen LogP contribution >= 0.6 is 23.4 Å². The summed E-state index contributed by atoms with van der Waals surface area (Å²) in [6, 6.07) is 13.9. The van der Waals surface area contributed by atoms with Crippen LogP contribution in [-0.2, 0) is 4.79 Å². The number of benzene rings is 2. The number of hydrogen-bond donors (Lipinski definition) is 2. The Morgan fingerprint density at radius 1 is 1.13 bits per heavy atom. The molecule has 0 fully saturated rings. The molecular formula is C16H15ClN2O3S. The highest BCUT2D eigenvalue weighted by Crippen LogP contribution is 2.22. The minimum Gasteiger partial charge on any atom is -0.497 e. The molecule has 0 aliphatic carbocycles. The summed E-state index contributed by atoms with van der Waals surface area (Å²) >= 11 is 7.16. The lowest BCUT2D eigenvalue weighted by Gasteiger charge is -2.08. The largest absolute Gasteiger partial charge is 0.497 e. The van der Waals surface area contributed by atoms with Gasteiger partial charge in [0.1, 0.15) is 5.75 Å². The molecule has 23 heavy (non-hydrogen) atoms. The molecule has 0 radical (unpaired) electrons. The van der Waals surface area contributed by atoms with E-state index in [-0.39, 0.29) is 11.7 Å². The van der Waals surface area contributed by atoms with Crippen LogP contribution in [0.5, 0.6) is 5.75 Å². The van der Waals surface area contributed by atoms with E-state index < -0.39 is 5.91 Å². The Morgan fingerprint density at radius 3 is 2.65 bits per heavy atom. The van der Waals surface area contributed by atoms with Crippen molar-refractivity contribution >= 4 is 35.2 Å². The monoisotopic (exact) mass is 350 g/mol. The standard InChI is InChI=1S/C16H15ClN2O3S/c1-22-13-6-3-7-14(9-13)23-10-15(20)18-19-16(21)11-4-2-5-12(17)8-11/h2-9H,10H2,1H3,(H,18,20)(H,19,21). The number of amides is 2. The van der Waals surface area contributed by atoms with Gasteiger partial charge in [0.25, 0.3) is 5.91 Å². The topological polar surface area (TPSA) is 67.4 Å². The zero-order chi connectivity index (χ0) is 16.7. The van der Waals surface area contributed by atoms with Crippen LogP contribution in [-0.4, -0.2) is 24.7 Å². The first-order valence-electron chi connectivity index (χ1n) is 6.70. The number of thioether (sulfide) groups is 1. The molecule has 2 aromatic rings. The van der Waals surface area contributed by atoms with Crippen LogP contribution in [0.4, 0.5) is 0 Å². The van der Waals surface area contributed by atoms with E-state index in [1.165, 1.54) is 17.8 Å². The number of hydrogen-bond acceptors (Lipinski definition) is 4. The number of carbonyl (C=O) groups is 2. The lowest BCUT2D eigenvalue weighted by Crippen LogP contribution is -2.42. The molecule has 2 rings (SSSR count). The van der Waals surface area contributed by atoms with Gasteiger partial charge in [-0.05, 0) is 36.4 Å². The highest BCUT2D eigenvalue weighted by molar-refractivity contribution is 8.00. The first-order chi connectivity index (χ1) is 11.1. The van der Waals surface area contributed by atoms with Gasteiger partial charge in [0.15, 0.2) is 0 Å². The third kappa shape index (κ3) is 5.50. The molecule has 0 heterocycles. The second-order valence-corrected chi connectivity index (χ2v) is 5.97. The second-order valence-electron chi connectivity index (χ2n) is 4.48. The van der Waals surface area contributed by atoms with Crippen LogP contribution in [0.3, 0.4) is 0 Å². The maximum absolute atomic E-state index is 11.9. The summed E-state index contributed by atoms with van der Waals surface area (Å²) in [6.07, 6.45) is 0. The van der Waals surface area contributed by atoms with E-state index in [9.17, 15) is 9.59 Å². The number of methoxy groups -OCH3 is 1. The minimum atomic E-state index is -0.424. The van der Waals surface area contributed by atoms with E-state index in [2.05, 4.69) is 10.9 Å². The molecule has 2 amide bonds. The number of nitrogens with one attached hydrogen (secondary N) is 2. The molecule has 0 atom stereocenters. The molecule has 0 bridgehead atoms. The van der Waals surface area contributed by atoms with Crippen LogP contribution in [0, 0.1) is 0 Å². The summed E-state index contributed by atoms with van der Waals surface area (Å²) in [5.41, 5.74) is 5.09. The maximum Gasteiger partial charge on any atom is 0.269 e. The predicted octanol–water partition coefficient (Wildman–Crippen LogP) is 2.90. The fraction of sp³-hybridized carbons (Fsp3) is 0.125. The van der Waals surface area contributed by atoms with E-state index in [1.807, 2.05) is 24.3 Å². The van der Waals surface area contributed by atoms with Crippen LogP contribution in [0.15, 0.2) is 53.4 Å². The smallest absolute Gasteiger partial charge is 0.269 e. The van der Waals surface area contributed by atoms with Gasteiger partial charge in [-0.25, -0.2) is 0 Å². The summed E-state index contributed by atoms with van der Waals surface area (Å²) < 4.78 is 5.12. The third-order valence-electron chi connectivity index (χ3n) is 2.81. The van der Waals surface area contributed by atoms with Crippen molar-refractivity contribution in [1.29, 1.82) is 0 Å². The van der Waals surface area contributed by atoms with Crippen molar-refractivity contribution in [3.05, 3.63) is 59.1 Å². The lowest BCUT2D eigenvalue weighted by atomic mass is 10.2. The first kappa shape index (κ1) is 17.2. The van der Waals surface area contributed by atoms with Crippen molar-refractivity contribution in [3.8, 4) is 5.75 Å². The van der Waals surface area contributed by atoms with Crippen LogP contribution in [0.25, 0.3) is 0 Å². The Balaban J connectivity index is 1.79. The van der Waals surface area contributed by atoms with Crippen LogP contribution < -0.4 is 15.6 Å². The van der Waals surface area contributed by atoms with E-state index in [4.69, 9.17) is 16.3 Å². The van der Waals surface area contributed by atoms with Gasteiger partial charge >= 0.3 is 0 Å². The number of hydrazine groups is 1. The molecule has 2 aromatic carbocycles. The third-order valence-corrected chi connectivity index (χ3v) is 4.04. The van der Waals surface area contributed by atoms with Crippen molar-refractivity contribution in [2.45, 2.75) is 4.90 Å². The van der Waals surface area contributed by atoms with Crippen molar-refractivity contribution in [3.63, 3.8) is 0 Å². The zero-order valence-electron chi connectivity index (χ0n) is 12.3. The molecule has 0 unspecified atom stereocenters. The van der Waals surface area contributed by atoms with Gasteiger partial charge in [-0.2, -0.15) is 0 Å². The van der Waals surface area contributed by atoms with E-state index in [0.717, 1.165) is 10.6 Å². The predicted molar refractivity (Wildman–Crippen MR) is 90.8 cm³/mol. The minimum absolute atomic E-state index is 0.170. The average molecular weight is 351 g/mol. The van der Waals surface area contributed by atoms with Crippen LogP contribution in [0.2, 0.25) is 5.02 Å². The summed E-state index contributed by atoms with van der Waals surface area (Å²) in [5.74, 6) is 0.160. The summed E-state index contributed by atoms with van der Waals surface area (Å²) in [5, 5.41) is 0.456. The van der Waals surface area contributed by atoms with E-state index in [1.54, 1.807) is 25.3 Å². The fourth-order valence-electron chi connectivity index (χ4n) is 1.70. The number of ether oxygens (including phenoxy) is 1. The Morgan fingerprint density at radius 2 is 1.91 bits per heavy atom. The average Bonchev–Trinajstić information content (AvgIpc) is 2.58. The highest BCUT2D eigenvalue weighted by atomic mass is 35.5. The van der Waals surface area contributed by atoms with Crippen molar-refractivity contribution < 1.29 is 14.3 Å². The molecule has 0 aliphatic rings. The van der Waals surface area contributed by atoms with Gasteiger partial charge in [0.05, 0.1) is 12.9 Å². The lowest BCUT2D eigenvalue weighted by molar-refractivity contribution is -0.119. The quantitative estimate of drug-likeness (QED) is 0.642. The fourth-order valence-corrected chi connectivity index (χ4v) is 2.64. The molecule has 120 valence electrons. The van der Waals surface area contributed by atoms with Gasteiger partial charge in [-0.3, -0.25) is 20.4 Å². The van der Waals surface area contributed by atoms with Crippen LogP contribution in [0.1, 0.15) is 10.4 Å². The summed E-state index contributed by atoms with van der Waals surface area (Å²) in [7, 11) is 1.59. The molecule has 7 heteroatoms. The summed E-state index contributed by atoms with van der Waals surface area (Å²) in [6.45, 7) is 0. The molecule has 5 nitrogen and oxygen atoms in total. The highest BCUT2D eigenvalue weighted by Gasteiger charge is 2.08.